The van der Waals surface area contributed by atoms with Gasteiger partial charge in [-0.2, -0.15) is 4.98 Å². The van der Waals surface area contributed by atoms with Crippen LogP contribution >= 0.6 is 0 Å². The first kappa shape index (κ1) is 13.9. The minimum absolute atomic E-state index is 0.168. The fourth-order valence-corrected chi connectivity index (χ4v) is 1.97. The monoisotopic (exact) mass is 294 g/mol. The number of benzene rings is 1. The van der Waals surface area contributed by atoms with Crippen molar-refractivity contribution < 1.29 is 0 Å². The van der Waals surface area contributed by atoms with Gasteiger partial charge in [-0.05, 0) is 17.7 Å². The summed E-state index contributed by atoms with van der Waals surface area (Å²) in [5, 5.41) is 1.33. The highest BCUT2D eigenvalue weighted by atomic mass is 16.1. The molecule has 0 saturated carbocycles. The molecule has 0 aliphatic carbocycles. The van der Waals surface area contributed by atoms with Gasteiger partial charge in [0.25, 0.3) is 0 Å². The Morgan fingerprint density at radius 2 is 1.82 bits per heavy atom. The van der Waals surface area contributed by atoms with E-state index >= 15 is 0 Å². The van der Waals surface area contributed by atoms with Gasteiger partial charge in [0.05, 0.1) is 6.54 Å². The fraction of sp³-hybridized carbons (Fsp3) is 0.0667. The number of aromatic nitrogens is 4. The van der Waals surface area contributed by atoms with Crippen molar-refractivity contribution >= 4 is 5.95 Å². The van der Waals surface area contributed by atoms with Gasteiger partial charge in [-0.1, -0.05) is 36.4 Å². The van der Waals surface area contributed by atoms with Crippen LogP contribution < -0.4 is 16.5 Å². The Morgan fingerprint density at radius 3 is 2.50 bits per heavy atom. The molecule has 0 bridgehead atoms. The van der Waals surface area contributed by atoms with E-state index in [1.807, 2.05) is 30.3 Å². The zero-order valence-electron chi connectivity index (χ0n) is 11.7. The molecule has 0 aliphatic rings. The molecule has 0 amide bonds. The van der Waals surface area contributed by atoms with Gasteiger partial charge in [0.2, 0.25) is 5.95 Å². The lowest BCUT2D eigenvalue weighted by atomic mass is 10.2. The average Bonchev–Trinajstić information content (AvgIpc) is 2.56. The van der Waals surface area contributed by atoms with Gasteiger partial charge in [-0.3, -0.25) is 5.01 Å². The summed E-state index contributed by atoms with van der Waals surface area (Å²) in [6.45, 7) is 0.411. The summed E-state index contributed by atoms with van der Waals surface area (Å²) in [6.07, 6.45) is 2.97. The number of anilines is 1. The van der Waals surface area contributed by atoms with Crippen LogP contribution in [0, 0.1) is 0 Å². The van der Waals surface area contributed by atoms with E-state index in [4.69, 9.17) is 5.84 Å². The third-order valence-corrected chi connectivity index (χ3v) is 3.04. The highest BCUT2D eigenvalue weighted by Crippen LogP contribution is 2.07. The molecule has 7 nitrogen and oxygen atoms in total. The second kappa shape index (κ2) is 6.15. The third-order valence-electron chi connectivity index (χ3n) is 3.04. The number of pyridine rings is 1. The molecule has 0 saturated heterocycles. The highest BCUT2D eigenvalue weighted by molar-refractivity contribution is 5.29. The molecule has 0 radical (unpaired) electrons. The maximum atomic E-state index is 12.1. The molecule has 7 heteroatoms. The third kappa shape index (κ3) is 2.99. The van der Waals surface area contributed by atoms with Gasteiger partial charge >= 0.3 is 5.69 Å². The van der Waals surface area contributed by atoms with Crippen molar-refractivity contribution in [1.29, 1.82) is 0 Å². The zero-order valence-corrected chi connectivity index (χ0v) is 11.7. The number of hydrogen-bond donors (Lipinski definition) is 1. The molecule has 2 aromatic heterocycles. The summed E-state index contributed by atoms with van der Waals surface area (Å²) < 4.78 is 1.26. The molecule has 3 aromatic rings. The van der Waals surface area contributed by atoms with Crippen molar-refractivity contribution in [2.75, 3.05) is 5.01 Å². The molecule has 0 atom stereocenters. The minimum Gasteiger partial charge on any atom is -0.274 e. The molecule has 2 heterocycles. The quantitative estimate of drug-likeness (QED) is 0.568. The molecule has 0 spiro atoms. The summed E-state index contributed by atoms with van der Waals surface area (Å²) in [5.41, 5.74) is 0.523. The normalized spacial score (nSPS) is 10.4. The van der Waals surface area contributed by atoms with E-state index in [9.17, 15) is 4.79 Å². The topological polar surface area (TPSA) is 89.9 Å². The molecule has 0 unspecified atom stereocenters. The Bertz CT molecular complexity index is 803. The summed E-state index contributed by atoms with van der Waals surface area (Å²) in [5.74, 6) is 6.56. The van der Waals surface area contributed by atoms with Crippen LogP contribution in [-0.2, 0) is 6.54 Å². The second-order valence-electron chi connectivity index (χ2n) is 4.61. The van der Waals surface area contributed by atoms with E-state index in [2.05, 4.69) is 15.0 Å². The van der Waals surface area contributed by atoms with Crippen molar-refractivity contribution in [3.8, 4) is 5.82 Å². The molecule has 3 rings (SSSR count). The van der Waals surface area contributed by atoms with Crippen LogP contribution in [0.5, 0.6) is 0 Å². The van der Waals surface area contributed by atoms with E-state index < -0.39 is 5.69 Å². The minimum atomic E-state index is -0.479. The number of rotatable bonds is 4. The standard InChI is InChI=1S/C15H14N6O/c16-21(10-12-6-2-1-3-7-12)14-18-11-20(15(22)19-14)13-8-4-5-9-17-13/h1-9,11H,10,16H2. The maximum absolute atomic E-state index is 12.1. The van der Waals surface area contributed by atoms with E-state index in [0.29, 0.717) is 12.4 Å². The predicted molar refractivity (Wildman–Crippen MR) is 82.2 cm³/mol. The van der Waals surface area contributed by atoms with Crippen LogP contribution in [-0.4, -0.2) is 19.5 Å². The molecule has 0 aliphatic heterocycles. The second-order valence-corrected chi connectivity index (χ2v) is 4.61. The number of nitrogens with two attached hydrogens (primary N) is 1. The van der Waals surface area contributed by atoms with Gasteiger partial charge in [0.15, 0.2) is 0 Å². The Morgan fingerprint density at radius 1 is 1.05 bits per heavy atom. The van der Waals surface area contributed by atoms with Crippen molar-refractivity contribution in [1.82, 2.24) is 19.5 Å². The number of hydrogen-bond acceptors (Lipinski definition) is 6. The van der Waals surface area contributed by atoms with Crippen LogP contribution in [0.1, 0.15) is 5.56 Å². The van der Waals surface area contributed by atoms with E-state index in [1.54, 1.807) is 24.4 Å². The Labute approximate surface area is 126 Å². The fourth-order valence-electron chi connectivity index (χ4n) is 1.97. The number of hydrazine groups is 1. The maximum Gasteiger partial charge on any atom is 0.357 e. The van der Waals surface area contributed by atoms with Crippen molar-refractivity contribution in [2.45, 2.75) is 6.54 Å². The van der Waals surface area contributed by atoms with Crippen LogP contribution in [0.25, 0.3) is 5.82 Å². The van der Waals surface area contributed by atoms with Crippen LogP contribution in [0.15, 0.2) is 65.8 Å². The van der Waals surface area contributed by atoms with Crippen molar-refractivity contribution in [2.24, 2.45) is 5.84 Å². The molecule has 0 fully saturated rings. The largest absolute Gasteiger partial charge is 0.357 e. The molecule has 22 heavy (non-hydrogen) atoms. The van der Waals surface area contributed by atoms with Crippen molar-refractivity contribution in [3.05, 3.63) is 77.1 Å². The summed E-state index contributed by atoms with van der Waals surface area (Å²) in [4.78, 5) is 24.2. The molecule has 110 valence electrons. The Hall–Kier alpha value is -3.06. The average molecular weight is 294 g/mol. The molecule has 2 N–H and O–H groups in total. The predicted octanol–water partition coefficient (Wildman–Crippen LogP) is 0.903. The highest BCUT2D eigenvalue weighted by Gasteiger charge is 2.09. The summed E-state index contributed by atoms with van der Waals surface area (Å²) in [6, 6.07) is 14.9. The van der Waals surface area contributed by atoms with Gasteiger partial charge in [-0.25, -0.2) is 25.2 Å². The lowest BCUT2D eigenvalue weighted by Crippen LogP contribution is -2.35. The lowest BCUT2D eigenvalue weighted by Gasteiger charge is -2.16. The van der Waals surface area contributed by atoms with Gasteiger partial charge in [0, 0.05) is 6.20 Å². The first-order valence-electron chi connectivity index (χ1n) is 6.67. The lowest BCUT2D eigenvalue weighted by molar-refractivity contribution is 0.758. The molecular formula is C15H14N6O. The first-order valence-corrected chi connectivity index (χ1v) is 6.67. The van der Waals surface area contributed by atoms with Gasteiger partial charge in [-0.15, -0.1) is 0 Å². The van der Waals surface area contributed by atoms with E-state index in [0.717, 1.165) is 5.56 Å². The zero-order chi connectivity index (χ0) is 15.4. The van der Waals surface area contributed by atoms with Crippen LogP contribution in [0.3, 0.4) is 0 Å². The number of nitrogens with zero attached hydrogens (tertiary/aromatic N) is 5. The summed E-state index contributed by atoms with van der Waals surface area (Å²) in [7, 11) is 0. The van der Waals surface area contributed by atoms with Gasteiger partial charge in [0.1, 0.15) is 12.1 Å². The van der Waals surface area contributed by atoms with E-state index in [-0.39, 0.29) is 5.95 Å². The molecular weight excluding hydrogens is 280 g/mol. The smallest absolute Gasteiger partial charge is 0.274 e. The SMILES string of the molecule is NN(Cc1ccccc1)c1ncn(-c2ccccn2)c(=O)n1. The summed E-state index contributed by atoms with van der Waals surface area (Å²) >= 11 is 0. The van der Waals surface area contributed by atoms with Gasteiger partial charge < -0.3 is 0 Å². The van der Waals surface area contributed by atoms with E-state index in [1.165, 1.54) is 15.9 Å². The van der Waals surface area contributed by atoms with Crippen LogP contribution in [0.4, 0.5) is 5.95 Å². The van der Waals surface area contributed by atoms with Crippen molar-refractivity contribution in [3.63, 3.8) is 0 Å². The van der Waals surface area contributed by atoms with Crippen LogP contribution in [0.2, 0.25) is 0 Å². The Balaban J connectivity index is 1.84. The molecule has 1 aromatic carbocycles. The first-order chi connectivity index (χ1) is 10.7. The Kier molecular flexibility index (Phi) is 3.88.